The second-order valence-corrected chi connectivity index (χ2v) is 7.36. The smallest absolute Gasteiger partial charge is 0.420 e. The summed E-state index contributed by atoms with van der Waals surface area (Å²) in [7, 11) is 0. The fraction of sp³-hybridized carbons (Fsp3) is 0.526. The lowest BCUT2D eigenvalue weighted by Gasteiger charge is -2.29. The van der Waals surface area contributed by atoms with E-state index in [2.05, 4.69) is 10.0 Å². The maximum atomic E-state index is 12.7. The molecule has 11 heteroatoms. The Morgan fingerprint density at radius 3 is 2.47 bits per heavy atom. The second-order valence-electron chi connectivity index (χ2n) is 7.36. The van der Waals surface area contributed by atoms with E-state index in [1.165, 1.54) is 6.07 Å². The predicted octanol–water partition coefficient (Wildman–Crippen LogP) is 4.08. The summed E-state index contributed by atoms with van der Waals surface area (Å²) in [4.78, 5) is 40.3. The van der Waals surface area contributed by atoms with Gasteiger partial charge in [0.2, 0.25) is 0 Å². The van der Waals surface area contributed by atoms with E-state index < -0.39 is 29.8 Å². The van der Waals surface area contributed by atoms with E-state index in [9.17, 15) is 19.5 Å². The van der Waals surface area contributed by atoms with Crippen molar-refractivity contribution in [2.45, 2.75) is 58.3 Å². The highest BCUT2D eigenvalue weighted by atomic mass is 16.6. The molecule has 1 rings (SSSR count). The lowest BCUT2D eigenvalue weighted by atomic mass is 10.1. The second kappa shape index (κ2) is 11.6. The van der Waals surface area contributed by atoms with Gasteiger partial charge in [-0.25, -0.2) is 14.4 Å². The van der Waals surface area contributed by atoms with Crippen LogP contribution in [0.3, 0.4) is 0 Å². The first-order valence-electron chi connectivity index (χ1n) is 9.35. The van der Waals surface area contributed by atoms with Gasteiger partial charge in [-0.15, -0.1) is 0 Å². The van der Waals surface area contributed by atoms with Gasteiger partial charge in [0.15, 0.2) is 0 Å². The molecule has 164 valence electrons. The number of azide groups is 1. The van der Waals surface area contributed by atoms with Gasteiger partial charge in [-0.1, -0.05) is 29.4 Å². The summed E-state index contributed by atoms with van der Waals surface area (Å²) < 4.78 is 10.4. The third kappa shape index (κ3) is 7.98. The van der Waals surface area contributed by atoms with Crippen LogP contribution in [0.5, 0.6) is 0 Å². The SMILES string of the molecule is CC(C)(C)OC(=O)N(C(=O)OCc1ccccc1N=[N+]=[N-])[C@@H](CCCCN)C(=O)O. The lowest BCUT2D eigenvalue weighted by molar-refractivity contribution is -0.143. The van der Waals surface area contributed by atoms with Gasteiger partial charge in [0.1, 0.15) is 18.2 Å². The van der Waals surface area contributed by atoms with Crippen LogP contribution in [0.2, 0.25) is 0 Å². The summed E-state index contributed by atoms with van der Waals surface area (Å²) in [6, 6.07) is 4.91. The number of nitrogens with two attached hydrogens (primary N) is 1. The van der Waals surface area contributed by atoms with Gasteiger partial charge in [-0.05, 0) is 57.7 Å². The van der Waals surface area contributed by atoms with Crippen LogP contribution in [0.4, 0.5) is 15.3 Å². The van der Waals surface area contributed by atoms with Crippen molar-refractivity contribution in [2.24, 2.45) is 10.8 Å². The number of aliphatic carboxylic acids is 1. The number of ether oxygens (including phenoxy) is 2. The summed E-state index contributed by atoms with van der Waals surface area (Å²) in [5.74, 6) is -1.37. The molecule has 2 amide bonds. The van der Waals surface area contributed by atoms with E-state index in [1.807, 2.05) is 0 Å². The van der Waals surface area contributed by atoms with Gasteiger partial charge in [-0.2, -0.15) is 4.90 Å². The molecule has 1 aromatic rings. The monoisotopic (exact) mass is 421 g/mol. The Hall–Kier alpha value is -3.30. The number of nitrogens with zero attached hydrogens (tertiary/aromatic N) is 4. The highest BCUT2D eigenvalue weighted by molar-refractivity contribution is 5.93. The molecule has 30 heavy (non-hydrogen) atoms. The molecule has 3 N–H and O–H groups in total. The van der Waals surface area contributed by atoms with Gasteiger partial charge in [-0.3, -0.25) is 0 Å². The van der Waals surface area contributed by atoms with Crippen LogP contribution in [-0.2, 0) is 20.9 Å². The number of hydrogen-bond donors (Lipinski definition) is 2. The van der Waals surface area contributed by atoms with Gasteiger partial charge in [0, 0.05) is 10.6 Å². The predicted molar refractivity (Wildman–Crippen MR) is 108 cm³/mol. The van der Waals surface area contributed by atoms with Crippen LogP contribution in [0, 0.1) is 0 Å². The van der Waals surface area contributed by atoms with Crippen molar-refractivity contribution in [1.29, 1.82) is 0 Å². The van der Waals surface area contributed by atoms with Crippen LogP contribution in [-0.4, -0.2) is 46.3 Å². The number of hydrogen-bond acceptors (Lipinski definition) is 7. The molecule has 1 aromatic carbocycles. The highest BCUT2D eigenvalue weighted by Gasteiger charge is 2.38. The van der Waals surface area contributed by atoms with E-state index in [0.29, 0.717) is 29.8 Å². The number of benzene rings is 1. The van der Waals surface area contributed by atoms with Crippen LogP contribution < -0.4 is 5.73 Å². The summed E-state index contributed by atoms with van der Waals surface area (Å²) in [5.41, 5.74) is 13.8. The van der Waals surface area contributed by atoms with Gasteiger partial charge in [0.25, 0.3) is 0 Å². The molecule has 0 unspecified atom stereocenters. The zero-order chi connectivity index (χ0) is 22.7. The van der Waals surface area contributed by atoms with Gasteiger partial charge in [0.05, 0.1) is 0 Å². The third-order valence-corrected chi connectivity index (χ3v) is 3.81. The molecule has 0 fully saturated rings. The molecular formula is C19H27N5O6. The topological polar surface area (TPSA) is 168 Å². The van der Waals surface area contributed by atoms with E-state index in [-0.39, 0.29) is 18.7 Å². The maximum absolute atomic E-state index is 12.7. The van der Waals surface area contributed by atoms with Crippen molar-refractivity contribution >= 4 is 23.8 Å². The first kappa shape index (κ1) is 24.7. The van der Waals surface area contributed by atoms with Crippen molar-refractivity contribution in [3.05, 3.63) is 40.3 Å². The standard InChI is InChI=1S/C19H27N5O6/c1-19(2,3)30-18(28)24(15(16(25)26)10-6-7-11-20)17(27)29-12-13-8-4-5-9-14(13)22-23-21/h4-5,8-9,15H,6-7,10-12,20H2,1-3H3,(H,25,26)/t15-/m0/s1. The molecule has 0 saturated heterocycles. The summed E-state index contributed by atoms with van der Waals surface area (Å²) in [5, 5.41) is 13.1. The molecular weight excluding hydrogens is 394 g/mol. The Morgan fingerprint density at radius 2 is 1.90 bits per heavy atom. The van der Waals surface area contributed by atoms with Crippen LogP contribution in [0.1, 0.15) is 45.6 Å². The molecule has 0 spiro atoms. The van der Waals surface area contributed by atoms with E-state index in [1.54, 1.807) is 39.0 Å². The average Bonchev–Trinajstić information content (AvgIpc) is 2.65. The van der Waals surface area contributed by atoms with Crippen LogP contribution in [0.15, 0.2) is 29.4 Å². The molecule has 0 aliphatic rings. The summed E-state index contributed by atoms with van der Waals surface area (Å²) in [6.07, 6.45) is -1.40. The number of amides is 2. The quantitative estimate of drug-likeness (QED) is 0.262. The number of rotatable bonds is 9. The number of carboxylic acids is 1. The molecule has 0 aliphatic heterocycles. The van der Waals surface area contributed by atoms with Gasteiger partial charge >= 0.3 is 18.2 Å². The Labute approximate surface area is 174 Å². The van der Waals surface area contributed by atoms with Crippen molar-refractivity contribution in [2.75, 3.05) is 6.54 Å². The van der Waals surface area contributed by atoms with Crippen molar-refractivity contribution in [3.8, 4) is 0 Å². The van der Waals surface area contributed by atoms with Crippen LogP contribution in [0.25, 0.3) is 10.4 Å². The van der Waals surface area contributed by atoms with Crippen LogP contribution >= 0.6 is 0 Å². The third-order valence-electron chi connectivity index (χ3n) is 3.81. The molecule has 0 heterocycles. The maximum Gasteiger partial charge on any atom is 0.420 e. The molecule has 1 atom stereocenters. The molecule has 0 radical (unpaired) electrons. The van der Waals surface area contributed by atoms with Crippen molar-refractivity contribution in [3.63, 3.8) is 0 Å². The lowest BCUT2D eigenvalue weighted by Crippen LogP contribution is -2.50. The Kier molecular flexibility index (Phi) is 9.60. The summed E-state index contributed by atoms with van der Waals surface area (Å²) in [6.45, 7) is 4.79. The Balaban J connectivity index is 3.10. The number of imide groups is 1. The number of unbranched alkanes of at least 4 members (excludes halogenated alkanes) is 1. The number of carbonyl (C=O) groups is 3. The van der Waals surface area contributed by atoms with E-state index >= 15 is 0 Å². The van der Waals surface area contributed by atoms with E-state index in [4.69, 9.17) is 20.7 Å². The van der Waals surface area contributed by atoms with E-state index in [0.717, 1.165) is 0 Å². The van der Waals surface area contributed by atoms with Crippen molar-refractivity contribution < 1.29 is 29.0 Å². The molecule has 0 saturated carbocycles. The highest BCUT2D eigenvalue weighted by Crippen LogP contribution is 2.22. The minimum Gasteiger partial charge on any atom is -0.480 e. The first-order valence-corrected chi connectivity index (χ1v) is 9.35. The normalized spacial score (nSPS) is 11.7. The molecule has 11 nitrogen and oxygen atoms in total. The molecule has 0 aliphatic carbocycles. The summed E-state index contributed by atoms with van der Waals surface area (Å²) >= 11 is 0. The fourth-order valence-corrected chi connectivity index (χ4v) is 2.47. The first-order chi connectivity index (χ1) is 14.1. The number of carbonyl (C=O) groups excluding carboxylic acids is 2. The van der Waals surface area contributed by atoms with Gasteiger partial charge < -0.3 is 20.3 Å². The largest absolute Gasteiger partial charge is 0.480 e. The minimum atomic E-state index is -1.48. The fourth-order valence-electron chi connectivity index (χ4n) is 2.47. The minimum absolute atomic E-state index is 0.00378. The number of carboxylic acid groups (broad SMARTS) is 1. The zero-order valence-corrected chi connectivity index (χ0v) is 17.3. The zero-order valence-electron chi connectivity index (χ0n) is 17.3. The molecule has 0 aromatic heterocycles. The Bertz CT molecular complexity index is 801. The van der Waals surface area contributed by atoms with Crippen molar-refractivity contribution in [1.82, 2.24) is 4.90 Å². The Morgan fingerprint density at radius 1 is 1.23 bits per heavy atom. The average molecular weight is 421 g/mol. The molecule has 0 bridgehead atoms.